The van der Waals surface area contributed by atoms with E-state index in [1.807, 2.05) is 13.1 Å². The molecule has 7 heteroatoms. The third-order valence-electron chi connectivity index (χ3n) is 3.06. The number of carbonyl (C=O) groups is 2. The number of imide groups is 1. The molecule has 0 aliphatic carbocycles. The van der Waals surface area contributed by atoms with Crippen molar-refractivity contribution in [3.63, 3.8) is 0 Å². The first-order valence-electron chi connectivity index (χ1n) is 6.14. The summed E-state index contributed by atoms with van der Waals surface area (Å²) in [4.78, 5) is 23.9. The summed E-state index contributed by atoms with van der Waals surface area (Å²) in [6.45, 7) is 2.35. The van der Waals surface area contributed by atoms with Crippen LogP contribution < -0.4 is 15.5 Å². The average molecular weight is 319 g/mol. The quantitative estimate of drug-likeness (QED) is 0.771. The van der Waals surface area contributed by atoms with Crippen molar-refractivity contribution in [2.75, 3.05) is 14.1 Å². The SMILES string of the molecule is CNC(=O)NC(=O)[C@H](C)[NH+](C)Cc1ccc(Cl)c(Cl)c1. The molecule has 0 radical (unpaired) electrons. The van der Waals surface area contributed by atoms with Crippen molar-refractivity contribution >= 4 is 35.1 Å². The fourth-order valence-corrected chi connectivity index (χ4v) is 1.95. The Labute approximate surface area is 128 Å². The van der Waals surface area contributed by atoms with Gasteiger partial charge in [-0.2, -0.15) is 0 Å². The Hall–Kier alpha value is -1.30. The van der Waals surface area contributed by atoms with Crippen molar-refractivity contribution in [1.29, 1.82) is 0 Å². The van der Waals surface area contributed by atoms with Crippen LogP contribution in [-0.2, 0) is 11.3 Å². The molecule has 3 amide bonds. The van der Waals surface area contributed by atoms with Crippen LogP contribution in [0.1, 0.15) is 12.5 Å². The van der Waals surface area contributed by atoms with Gasteiger partial charge in [-0.3, -0.25) is 10.1 Å². The van der Waals surface area contributed by atoms with Crippen LogP contribution >= 0.6 is 23.2 Å². The summed E-state index contributed by atoms with van der Waals surface area (Å²) < 4.78 is 0. The summed E-state index contributed by atoms with van der Waals surface area (Å²) in [5.41, 5.74) is 0.969. The van der Waals surface area contributed by atoms with Gasteiger partial charge in [-0.25, -0.2) is 4.79 Å². The van der Waals surface area contributed by atoms with Gasteiger partial charge in [-0.1, -0.05) is 29.3 Å². The van der Waals surface area contributed by atoms with Crippen molar-refractivity contribution < 1.29 is 14.5 Å². The summed E-state index contributed by atoms with van der Waals surface area (Å²) in [6.07, 6.45) is 0. The molecule has 1 aromatic rings. The number of hydrogen-bond donors (Lipinski definition) is 3. The van der Waals surface area contributed by atoms with Crippen molar-refractivity contribution in [1.82, 2.24) is 10.6 Å². The highest BCUT2D eigenvalue weighted by atomic mass is 35.5. The molecule has 20 heavy (non-hydrogen) atoms. The molecule has 5 nitrogen and oxygen atoms in total. The lowest BCUT2D eigenvalue weighted by Crippen LogP contribution is -3.12. The van der Waals surface area contributed by atoms with Gasteiger partial charge in [0.05, 0.1) is 17.1 Å². The smallest absolute Gasteiger partial charge is 0.321 e. The first-order valence-corrected chi connectivity index (χ1v) is 6.89. The molecule has 2 atom stereocenters. The van der Waals surface area contributed by atoms with E-state index in [-0.39, 0.29) is 11.9 Å². The minimum Gasteiger partial charge on any atom is -0.341 e. The molecular formula is C13H18Cl2N3O2+. The van der Waals surface area contributed by atoms with Gasteiger partial charge in [-0.05, 0) is 19.1 Å². The van der Waals surface area contributed by atoms with Crippen molar-refractivity contribution in [3.8, 4) is 0 Å². The Morgan fingerprint density at radius 1 is 1.30 bits per heavy atom. The van der Waals surface area contributed by atoms with E-state index in [1.54, 1.807) is 19.1 Å². The number of amides is 3. The van der Waals surface area contributed by atoms with Crippen LogP contribution in [0.5, 0.6) is 0 Å². The number of likely N-dealkylation sites (N-methyl/N-ethyl adjacent to an activating group) is 1. The lowest BCUT2D eigenvalue weighted by molar-refractivity contribution is -0.908. The lowest BCUT2D eigenvalue weighted by Gasteiger charge is -2.20. The molecule has 1 rings (SSSR count). The summed E-state index contributed by atoms with van der Waals surface area (Å²) in [7, 11) is 3.33. The Bertz CT molecular complexity index is 508. The number of halogens is 2. The fraction of sp³-hybridized carbons (Fsp3) is 0.385. The van der Waals surface area contributed by atoms with Gasteiger partial charge in [0.15, 0.2) is 6.04 Å². The Balaban J connectivity index is 2.65. The Morgan fingerprint density at radius 3 is 2.50 bits per heavy atom. The van der Waals surface area contributed by atoms with E-state index in [0.717, 1.165) is 10.5 Å². The van der Waals surface area contributed by atoms with Crippen molar-refractivity contribution in [2.45, 2.75) is 19.5 Å². The lowest BCUT2D eigenvalue weighted by atomic mass is 10.2. The molecule has 0 aliphatic rings. The fourth-order valence-electron chi connectivity index (χ4n) is 1.63. The van der Waals surface area contributed by atoms with Crippen LogP contribution in [0.15, 0.2) is 18.2 Å². The summed E-state index contributed by atoms with van der Waals surface area (Å²) in [5, 5.41) is 5.58. The number of urea groups is 1. The molecule has 0 saturated carbocycles. The molecule has 0 fully saturated rings. The largest absolute Gasteiger partial charge is 0.341 e. The number of rotatable bonds is 4. The van der Waals surface area contributed by atoms with Crippen LogP contribution in [0.3, 0.4) is 0 Å². The van der Waals surface area contributed by atoms with E-state index >= 15 is 0 Å². The zero-order chi connectivity index (χ0) is 15.3. The van der Waals surface area contributed by atoms with E-state index < -0.39 is 6.03 Å². The number of quaternary nitrogens is 1. The highest BCUT2D eigenvalue weighted by Crippen LogP contribution is 2.22. The summed E-state index contributed by atoms with van der Waals surface area (Å²) >= 11 is 11.8. The summed E-state index contributed by atoms with van der Waals surface area (Å²) in [6, 6.07) is 4.48. The maximum absolute atomic E-state index is 11.8. The van der Waals surface area contributed by atoms with Gasteiger partial charge in [0.1, 0.15) is 6.54 Å². The maximum Gasteiger partial charge on any atom is 0.321 e. The highest BCUT2D eigenvalue weighted by Gasteiger charge is 2.23. The van der Waals surface area contributed by atoms with E-state index in [4.69, 9.17) is 23.2 Å². The van der Waals surface area contributed by atoms with Gasteiger partial charge in [-0.15, -0.1) is 0 Å². The molecule has 110 valence electrons. The molecule has 0 aromatic heterocycles. The normalized spacial score (nSPS) is 13.4. The second-order valence-electron chi connectivity index (χ2n) is 4.56. The molecule has 0 heterocycles. The number of hydrogen-bond acceptors (Lipinski definition) is 2. The van der Waals surface area contributed by atoms with Crippen LogP contribution in [0.4, 0.5) is 4.79 Å². The Kier molecular flexibility index (Phi) is 6.26. The maximum atomic E-state index is 11.8. The molecule has 0 aliphatic heterocycles. The van der Waals surface area contributed by atoms with Gasteiger partial charge in [0.2, 0.25) is 0 Å². The minimum atomic E-state index is -0.510. The first kappa shape index (κ1) is 16.8. The molecule has 1 unspecified atom stereocenters. The monoisotopic (exact) mass is 318 g/mol. The van der Waals surface area contributed by atoms with Crippen LogP contribution in [0, 0.1) is 0 Å². The minimum absolute atomic E-state index is 0.332. The van der Waals surface area contributed by atoms with E-state index in [9.17, 15) is 9.59 Å². The van der Waals surface area contributed by atoms with Gasteiger partial charge >= 0.3 is 6.03 Å². The third kappa shape index (κ3) is 4.67. The zero-order valence-corrected chi connectivity index (χ0v) is 13.1. The van der Waals surface area contributed by atoms with Crippen LogP contribution in [0.25, 0.3) is 0 Å². The molecule has 0 bridgehead atoms. The van der Waals surface area contributed by atoms with Crippen molar-refractivity contribution in [2.24, 2.45) is 0 Å². The van der Waals surface area contributed by atoms with Gasteiger partial charge in [0, 0.05) is 12.6 Å². The topological polar surface area (TPSA) is 62.6 Å². The van der Waals surface area contributed by atoms with Crippen LogP contribution in [0.2, 0.25) is 10.0 Å². The second-order valence-corrected chi connectivity index (χ2v) is 5.38. The van der Waals surface area contributed by atoms with E-state index in [2.05, 4.69) is 10.6 Å². The average Bonchev–Trinajstić information content (AvgIpc) is 2.41. The number of nitrogens with one attached hydrogen (secondary N) is 3. The highest BCUT2D eigenvalue weighted by molar-refractivity contribution is 6.42. The number of carbonyl (C=O) groups excluding carboxylic acids is 2. The van der Waals surface area contributed by atoms with Crippen molar-refractivity contribution in [3.05, 3.63) is 33.8 Å². The number of benzene rings is 1. The summed E-state index contributed by atoms with van der Waals surface area (Å²) in [5.74, 6) is -0.332. The molecule has 3 N–H and O–H groups in total. The molecule has 0 saturated heterocycles. The van der Waals surface area contributed by atoms with E-state index in [0.29, 0.717) is 16.6 Å². The third-order valence-corrected chi connectivity index (χ3v) is 3.80. The van der Waals surface area contributed by atoms with Gasteiger partial charge in [0.25, 0.3) is 5.91 Å². The predicted octanol–water partition coefficient (Wildman–Crippen LogP) is 0.852. The zero-order valence-electron chi connectivity index (χ0n) is 11.6. The molecule has 1 aromatic carbocycles. The first-order chi connectivity index (χ1) is 9.35. The predicted molar refractivity (Wildman–Crippen MR) is 79.1 cm³/mol. The van der Waals surface area contributed by atoms with Gasteiger partial charge < -0.3 is 10.2 Å². The standard InChI is InChI=1S/C13H17Cl2N3O2/c1-8(12(19)17-13(20)16-2)18(3)7-9-4-5-10(14)11(15)6-9/h4-6,8H,7H2,1-3H3,(H2,16,17,19,20)/p+1/t8-/m0/s1. The van der Waals surface area contributed by atoms with Crippen LogP contribution in [-0.4, -0.2) is 32.1 Å². The molecular weight excluding hydrogens is 301 g/mol. The second kappa shape index (κ2) is 7.47. The molecule has 0 spiro atoms. The Morgan fingerprint density at radius 2 is 1.95 bits per heavy atom. The van der Waals surface area contributed by atoms with E-state index in [1.165, 1.54) is 7.05 Å².